The van der Waals surface area contributed by atoms with Gasteiger partial charge in [-0.1, -0.05) is 32.9 Å². The van der Waals surface area contributed by atoms with Crippen molar-refractivity contribution in [1.82, 2.24) is 24.8 Å². The standard InChI is InChI=1S/C50H86N6O14S/c1-14-40-50(10,62)43(58)33(6)55(12)27-29(2)25-48(8,61)45(31(4)41(32(5)46(60)69-40)39-26-49(9,65-13)44(59)34(7)68-39)70-47-42(57)38(24-30(3)67-47)54(11)22-20-35-28-56(53-52-35)21-15-23-66-36-16-18-37(19-17-36)71(51,63)64/h16-19,28-34,38-45,47,57-59,61-62H,14-15,20-27H2,1-13H3,(H2,51,63,64)/t29-,30-,31+,32-,33-,34+,38+,39?,40-,41+,42-,43-,44+,45-,47+,48-,49-,50-/m1/s1. The van der Waals surface area contributed by atoms with Gasteiger partial charge in [0.05, 0.1) is 58.7 Å². The van der Waals surface area contributed by atoms with Crippen LogP contribution in [0.25, 0.3) is 0 Å². The van der Waals surface area contributed by atoms with Crippen LogP contribution in [0.1, 0.15) is 107 Å². The van der Waals surface area contributed by atoms with Gasteiger partial charge in [-0.2, -0.15) is 0 Å². The molecular weight excluding hydrogens is 941 g/mol. The number of rotatable bonds is 15. The molecule has 1 unspecified atom stereocenters. The molecule has 0 spiro atoms. The summed E-state index contributed by atoms with van der Waals surface area (Å²) in [5, 5.41) is 73.8. The van der Waals surface area contributed by atoms with Gasteiger partial charge < -0.3 is 63.8 Å². The lowest BCUT2D eigenvalue weighted by atomic mass is 9.68. The summed E-state index contributed by atoms with van der Waals surface area (Å²) in [7, 11) is 1.50. The zero-order chi connectivity index (χ0) is 53.0. The van der Waals surface area contributed by atoms with E-state index in [1.54, 1.807) is 58.4 Å². The second kappa shape index (κ2) is 24.2. The van der Waals surface area contributed by atoms with Gasteiger partial charge in [-0.3, -0.25) is 9.48 Å². The number of hydrogen-bond acceptors (Lipinski definition) is 18. The number of benzene rings is 1. The number of methoxy groups -OCH3 is 1. The van der Waals surface area contributed by atoms with E-state index in [4.69, 9.17) is 33.6 Å². The van der Waals surface area contributed by atoms with E-state index in [-0.39, 0.29) is 36.2 Å². The van der Waals surface area contributed by atoms with E-state index in [0.717, 1.165) is 5.69 Å². The number of likely N-dealkylation sites (N-methyl/N-ethyl adjacent to an activating group) is 2. The smallest absolute Gasteiger partial charge is 0.309 e. The second-order valence-electron chi connectivity index (χ2n) is 21.7. The van der Waals surface area contributed by atoms with Gasteiger partial charge in [-0.15, -0.1) is 5.10 Å². The van der Waals surface area contributed by atoms with E-state index in [2.05, 4.69) is 10.3 Å². The Kier molecular flexibility index (Phi) is 20.1. The van der Waals surface area contributed by atoms with E-state index in [1.165, 1.54) is 26.2 Å². The molecule has 3 saturated heterocycles. The molecule has 4 heterocycles. The van der Waals surface area contributed by atoms with Gasteiger partial charge >= 0.3 is 5.97 Å². The third kappa shape index (κ3) is 14.3. The minimum Gasteiger partial charge on any atom is -0.494 e. The molecule has 406 valence electrons. The summed E-state index contributed by atoms with van der Waals surface area (Å²) in [4.78, 5) is 18.6. The first-order chi connectivity index (χ1) is 33.0. The van der Waals surface area contributed by atoms with Crippen molar-refractivity contribution in [2.45, 2.75) is 203 Å². The van der Waals surface area contributed by atoms with Crippen LogP contribution in [0.4, 0.5) is 0 Å². The highest BCUT2D eigenvalue weighted by atomic mass is 32.2. The number of esters is 1. The number of hydrogen-bond donors (Lipinski definition) is 6. The maximum Gasteiger partial charge on any atom is 0.309 e. The van der Waals surface area contributed by atoms with Gasteiger partial charge in [0.1, 0.15) is 35.8 Å². The average molecular weight is 1030 g/mol. The number of nitrogens with zero attached hydrogens (tertiary/aromatic N) is 5. The minimum atomic E-state index is -3.79. The van der Waals surface area contributed by atoms with E-state index in [0.29, 0.717) is 51.3 Å². The Morgan fingerprint density at radius 2 is 1.65 bits per heavy atom. The van der Waals surface area contributed by atoms with Crippen molar-refractivity contribution >= 4 is 16.0 Å². The number of primary sulfonamides is 1. The number of carbonyl (C=O) groups excluding carboxylic acids is 1. The Bertz CT molecular complexity index is 2110. The minimum absolute atomic E-state index is 0.00891. The number of ether oxygens (including phenoxy) is 6. The van der Waals surface area contributed by atoms with Crippen molar-refractivity contribution in [3.63, 3.8) is 0 Å². The fourth-order valence-electron chi connectivity index (χ4n) is 11.4. The van der Waals surface area contributed by atoms with Crippen LogP contribution in [0.2, 0.25) is 0 Å². The number of sulfonamides is 1. The van der Waals surface area contributed by atoms with Gasteiger partial charge in [-0.05, 0) is 111 Å². The molecule has 0 amide bonds. The van der Waals surface area contributed by atoms with Crippen molar-refractivity contribution < 1.29 is 67.2 Å². The Balaban J connectivity index is 1.38. The molecule has 5 rings (SSSR count). The lowest BCUT2D eigenvalue weighted by molar-refractivity contribution is -0.302. The molecule has 18 atom stereocenters. The zero-order valence-corrected chi connectivity index (χ0v) is 45.1. The summed E-state index contributed by atoms with van der Waals surface area (Å²) in [5.74, 6) is -2.67. The van der Waals surface area contributed by atoms with Crippen molar-refractivity contribution in [2.24, 2.45) is 28.8 Å². The first kappa shape index (κ1) is 59.0. The summed E-state index contributed by atoms with van der Waals surface area (Å²) in [6.45, 7) is 19.7. The van der Waals surface area contributed by atoms with Crippen LogP contribution >= 0.6 is 0 Å². The topological polar surface area (TPSA) is 271 Å². The maximum absolute atomic E-state index is 14.6. The van der Waals surface area contributed by atoms with Crippen LogP contribution in [-0.4, -0.2) is 190 Å². The maximum atomic E-state index is 14.6. The summed E-state index contributed by atoms with van der Waals surface area (Å²) in [6.07, 6.45) is -4.49. The van der Waals surface area contributed by atoms with Gasteiger partial charge in [0.25, 0.3) is 0 Å². The molecule has 21 heteroatoms. The normalized spacial score (nSPS) is 39.7. The fraction of sp³-hybridized carbons (Fsp3) is 0.820. The molecule has 3 aliphatic rings. The Labute approximate surface area is 421 Å². The summed E-state index contributed by atoms with van der Waals surface area (Å²) < 4.78 is 62.7. The average Bonchev–Trinajstić information content (AvgIpc) is 3.76. The Hall–Kier alpha value is -2.90. The molecule has 20 nitrogen and oxygen atoms in total. The summed E-state index contributed by atoms with van der Waals surface area (Å²) in [5.41, 5.74) is -3.73. The van der Waals surface area contributed by atoms with E-state index in [9.17, 15) is 38.7 Å². The highest BCUT2D eigenvalue weighted by molar-refractivity contribution is 7.89. The lowest BCUT2D eigenvalue weighted by Gasteiger charge is -2.51. The number of cyclic esters (lactones) is 1. The van der Waals surface area contributed by atoms with Crippen molar-refractivity contribution in [2.75, 3.05) is 40.9 Å². The molecule has 0 radical (unpaired) electrons. The molecule has 7 N–H and O–H groups in total. The molecule has 71 heavy (non-hydrogen) atoms. The zero-order valence-electron chi connectivity index (χ0n) is 44.3. The molecule has 2 aromatic rings. The Morgan fingerprint density at radius 3 is 2.27 bits per heavy atom. The predicted molar refractivity (Wildman–Crippen MR) is 263 cm³/mol. The van der Waals surface area contributed by atoms with Crippen LogP contribution in [0, 0.1) is 23.7 Å². The summed E-state index contributed by atoms with van der Waals surface area (Å²) in [6, 6.07) is 4.91. The number of aromatic nitrogens is 3. The number of aliphatic hydroxyl groups excluding tert-OH is 3. The van der Waals surface area contributed by atoms with Crippen LogP contribution in [0.3, 0.4) is 0 Å². The fourth-order valence-corrected chi connectivity index (χ4v) is 11.9. The summed E-state index contributed by atoms with van der Waals surface area (Å²) >= 11 is 0. The largest absolute Gasteiger partial charge is 0.494 e. The molecule has 3 aliphatic heterocycles. The molecule has 3 fully saturated rings. The lowest BCUT2D eigenvalue weighted by Crippen LogP contribution is -2.62. The van der Waals surface area contributed by atoms with Gasteiger partial charge in [0.15, 0.2) is 6.29 Å². The second-order valence-corrected chi connectivity index (χ2v) is 23.3. The third-order valence-electron chi connectivity index (χ3n) is 15.7. The van der Waals surface area contributed by atoms with Gasteiger partial charge in [0.2, 0.25) is 10.0 Å². The highest BCUT2D eigenvalue weighted by Crippen LogP contribution is 2.45. The quantitative estimate of drug-likeness (QED) is 0.111. The first-order valence-corrected chi connectivity index (χ1v) is 26.8. The van der Waals surface area contributed by atoms with Crippen LogP contribution in [-0.2, 0) is 51.5 Å². The van der Waals surface area contributed by atoms with E-state index < -0.39 is 112 Å². The number of aryl methyl sites for hydroxylation is 1. The van der Waals surface area contributed by atoms with Crippen molar-refractivity contribution in [3.05, 3.63) is 36.2 Å². The van der Waals surface area contributed by atoms with Gasteiger partial charge in [-0.25, -0.2) is 13.6 Å². The Morgan fingerprint density at radius 1 is 0.986 bits per heavy atom. The monoisotopic (exact) mass is 1030 g/mol. The van der Waals surface area contributed by atoms with Crippen molar-refractivity contribution in [1.29, 1.82) is 0 Å². The molecule has 0 bridgehead atoms. The number of nitrogens with two attached hydrogens (primary N) is 1. The molecule has 0 aliphatic carbocycles. The van der Waals surface area contributed by atoms with Crippen LogP contribution in [0.5, 0.6) is 5.75 Å². The SMILES string of the molecule is CC[C@H]1OC(=O)[C@H](C)[C@@H](C2C[C@@](C)(OC)[C@@H](O)[C@H](C)O2)[C@H](C)[C@@H](O[C@@H]2O[C@H](C)C[C@H](N(C)CCc3cn(CCCOc4ccc(S(N)(=O)=O)cc4)nn3)[C@H]2O)[C@](C)(O)C[C@@H](C)CN(C)[C@H](C)[C@@H](O)[C@]1(C)O. The number of carbonyl (C=O) groups is 1. The molecule has 1 aromatic heterocycles. The first-order valence-electron chi connectivity index (χ1n) is 25.3. The van der Waals surface area contributed by atoms with Crippen LogP contribution in [0.15, 0.2) is 35.4 Å². The van der Waals surface area contributed by atoms with E-state index >= 15 is 0 Å². The predicted octanol–water partition coefficient (Wildman–Crippen LogP) is 2.50. The molecule has 1 aromatic carbocycles. The molecular formula is C50H86N6O14S. The van der Waals surface area contributed by atoms with E-state index in [1.807, 2.05) is 50.9 Å². The number of aliphatic hydroxyl groups is 5. The van der Waals surface area contributed by atoms with Crippen molar-refractivity contribution in [3.8, 4) is 5.75 Å². The third-order valence-corrected chi connectivity index (χ3v) is 16.7. The highest BCUT2D eigenvalue weighted by Gasteiger charge is 2.55. The van der Waals surface area contributed by atoms with Crippen LogP contribution < -0.4 is 9.88 Å². The molecule has 0 saturated carbocycles. The van der Waals surface area contributed by atoms with Gasteiger partial charge in [0, 0.05) is 70.2 Å².